The first-order chi connectivity index (χ1) is 8.90. The molecule has 0 aliphatic heterocycles. The molecule has 1 aromatic heterocycles. The number of aryl methyl sites for hydroxylation is 1. The van der Waals surface area contributed by atoms with Crippen molar-refractivity contribution in [2.75, 3.05) is 5.73 Å². The minimum Gasteiger partial charge on any atom is -0.478 e. The van der Waals surface area contributed by atoms with Crippen molar-refractivity contribution in [2.24, 2.45) is 0 Å². The van der Waals surface area contributed by atoms with E-state index in [9.17, 15) is 9.59 Å². The van der Waals surface area contributed by atoms with E-state index in [1.54, 1.807) is 6.92 Å². The summed E-state index contributed by atoms with van der Waals surface area (Å²) in [6.07, 6.45) is 1.52. The van der Waals surface area contributed by atoms with Crippen LogP contribution in [0.2, 0.25) is 0 Å². The number of rotatable bonds is 3. The molecule has 0 atom stereocenters. The van der Waals surface area contributed by atoms with Gasteiger partial charge < -0.3 is 15.9 Å². The van der Waals surface area contributed by atoms with Gasteiger partial charge in [0.2, 0.25) is 0 Å². The standard InChI is InChI=1S/C12H11N3O4/c1-6-5-14-15(10(6)13)9-3-7(11(16)17)2-8(4-9)12(18)19/h2-5H,13H2,1H3,(H,16,17)(H,18,19). The van der Waals surface area contributed by atoms with Crippen LogP contribution in [0.15, 0.2) is 24.4 Å². The Balaban J connectivity index is 2.66. The molecule has 0 bridgehead atoms. The number of nitrogens with two attached hydrogens (primary N) is 1. The Kier molecular flexibility index (Phi) is 2.95. The highest BCUT2D eigenvalue weighted by molar-refractivity contribution is 5.94. The highest BCUT2D eigenvalue weighted by Crippen LogP contribution is 2.19. The molecule has 0 aliphatic carbocycles. The lowest BCUT2D eigenvalue weighted by molar-refractivity contribution is 0.0696. The number of hydrogen-bond donors (Lipinski definition) is 3. The maximum Gasteiger partial charge on any atom is 0.335 e. The zero-order valence-corrected chi connectivity index (χ0v) is 9.99. The lowest BCUT2D eigenvalue weighted by Crippen LogP contribution is -2.08. The maximum absolute atomic E-state index is 11.0. The predicted molar refractivity (Wildman–Crippen MR) is 66.6 cm³/mol. The number of nitrogen functional groups attached to an aromatic ring is 1. The zero-order valence-electron chi connectivity index (χ0n) is 9.99. The van der Waals surface area contributed by atoms with E-state index in [0.29, 0.717) is 11.5 Å². The molecule has 0 radical (unpaired) electrons. The van der Waals surface area contributed by atoms with Crippen LogP contribution in [-0.4, -0.2) is 31.9 Å². The molecule has 0 aliphatic rings. The number of carboxylic acids is 2. The van der Waals surface area contributed by atoms with Crippen LogP contribution in [0.5, 0.6) is 0 Å². The van der Waals surface area contributed by atoms with Gasteiger partial charge in [-0.05, 0) is 25.1 Å². The molecule has 19 heavy (non-hydrogen) atoms. The summed E-state index contributed by atoms with van der Waals surface area (Å²) in [5, 5.41) is 22.0. The smallest absolute Gasteiger partial charge is 0.335 e. The molecule has 1 heterocycles. The van der Waals surface area contributed by atoms with Gasteiger partial charge in [-0.3, -0.25) is 0 Å². The molecule has 7 heteroatoms. The van der Waals surface area contributed by atoms with Crippen molar-refractivity contribution < 1.29 is 19.8 Å². The average Bonchev–Trinajstić information content (AvgIpc) is 2.69. The Morgan fingerprint density at radius 2 is 1.68 bits per heavy atom. The van der Waals surface area contributed by atoms with E-state index in [1.165, 1.54) is 23.0 Å². The van der Waals surface area contributed by atoms with Crippen molar-refractivity contribution in [3.05, 3.63) is 41.1 Å². The Bertz CT molecular complexity index is 643. The van der Waals surface area contributed by atoms with Gasteiger partial charge in [0.05, 0.1) is 23.0 Å². The molecule has 0 saturated heterocycles. The summed E-state index contributed by atoms with van der Waals surface area (Å²) in [6.45, 7) is 1.75. The van der Waals surface area contributed by atoms with Gasteiger partial charge >= 0.3 is 11.9 Å². The second-order valence-corrected chi connectivity index (χ2v) is 4.00. The topological polar surface area (TPSA) is 118 Å². The molecular weight excluding hydrogens is 250 g/mol. The number of aromatic carboxylic acids is 2. The fourth-order valence-corrected chi connectivity index (χ4v) is 1.63. The van der Waals surface area contributed by atoms with Crippen molar-refractivity contribution in [1.29, 1.82) is 0 Å². The quantitative estimate of drug-likeness (QED) is 0.762. The number of carbonyl (C=O) groups is 2. The van der Waals surface area contributed by atoms with Crippen LogP contribution in [0.25, 0.3) is 5.69 Å². The van der Waals surface area contributed by atoms with Crippen LogP contribution < -0.4 is 5.73 Å². The summed E-state index contributed by atoms with van der Waals surface area (Å²) in [5.74, 6) is -2.10. The molecule has 4 N–H and O–H groups in total. The monoisotopic (exact) mass is 261 g/mol. The molecule has 0 fully saturated rings. The molecule has 7 nitrogen and oxygen atoms in total. The van der Waals surface area contributed by atoms with Crippen LogP contribution in [0.3, 0.4) is 0 Å². The minimum absolute atomic E-state index is 0.137. The third kappa shape index (κ3) is 2.25. The first-order valence-electron chi connectivity index (χ1n) is 5.32. The number of hydrogen-bond acceptors (Lipinski definition) is 4. The third-order valence-corrected chi connectivity index (χ3v) is 2.66. The van der Waals surface area contributed by atoms with Gasteiger partial charge in [0.25, 0.3) is 0 Å². The van der Waals surface area contributed by atoms with Crippen molar-refractivity contribution in [1.82, 2.24) is 9.78 Å². The molecule has 0 amide bonds. The Morgan fingerprint density at radius 3 is 2.05 bits per heavy atom. The Hall–Kier alpha value is -2.83. The van der Waals surface area contributed by atoms with Gasteiger partial charge in [-0.15, -0.1) is 0 Å². The normalized spacial score (nSPS) is 10.4. The molecule has 1 aromatic carbocycles. The lowest BCUT2D eigenvalue weighted by Gasteiger charge is -2.07. The van der Waals surface area contributed by atoms with Crippen LogP contribution in [0, 0.1) is 6.92 Å². The SMILES string of the molecule is Cc1cnn(-c2cc(C(=O)O)cc(C(=O)O)c2)c1N. The first kappa shape index (κ1) is 12.6. The van der Waals surface area contributed by atoms with Gasteiger partial charge in [0.15, 0.2) is 0 Å². The Morgan fingerprint density at radius 1 is 1.16 bits per heavy atom. The van der Waals surface area contributed by atoms with Gasteiger partial charge in [0, 0.05) is 5.56 Å². The summed E-state index contributed by atoms with van der Waals surface area (Å²) in [5.41, 5.74) is 6.53. The fraction of sp³-hybridized carbons (Fsp3) is 0.0833. The average molecular weight is 261 g/mol. The number of anilines is 1. The highest BCUT2D eigenvalue weighted by atomic mass is 16.4. The van der Waals surface area contributed by atoms with E-state index in [1.807, 2.05) is 0 Å². The van der Waals surface area contributed by atoms with Crippen molar-refractivity contribution in [3.8, 4) is 5.69 Å². The van der Waals surface area contributed by atoms with Gasteiger partial charge in [-0.25, -0.2) is 14.3 Å². The second kappa shape index (κ2) is 4.45. The van der Waals surface area contributed by atoms with Crippen LogP contribution in [0.4, 0.5) is 5.82 Å². The second-order valence-electron chi connectivity index (χ2n) is 4.00. The van der Waals surface area contributed by atoms with Crippen molar-refractivity contribution in [3.63, 3.8) is 0 Å². The molecule has 2 rings (SSSR count). The molecule has 0 saturated carbocycles. The molecule has 98 valence electrons. The first-order valence-corrected chi connectivity index (χ1v) is 5.32. The van der Waals surface area contributed by atoms with E-state index in [4.69, 9.17) is 15.9 Å². The van der Waals surface area contributed by atoms with Gasteiger partial charge in [-0.2, -0.15) is 5.10 Å². The lowest BCUT2D eigenvalue weighted by atomic mass is 10.1. The van der Waals surface area contributed by atoms with E-state index in [0.717, 1.165) is 11.6 Å². The van der Waals surface area contributed by atoms with Gasteiger partial charge in [-0.1, -0.05) is 0 Å². The fourth-order valence-electron chi connectivity index (χ4n) is 1.63. The van der Waals surface area contributed by atoms with Crippen LogP contribution in [0.1, 0.15) is 26.3 Å². The zero-order chi connectivity index (χ0) is 14.2. The number of aromatic nitrogens is 2. The summed E-state index contributed by atoms with van der Waals surface area (Å²) >= 11 is 0. The molecule has 0 unspecified atom stereocenters. The largest absolute Gasteiger partial charge is 0.478 e. The molecule has 2 aromatic rings. The third-order valence-electron chi connectivity index (χ3n) is 2.66. The number of benzene rings is 1. The maximum atomic E-state index is 11.0. The van der Waals surface area contributed by atoms with E-state index >= 15 is 0 Å². The predicted octanol–water partition coefficient (Wildman–Crippen LogP) is 1.16. The Labute approximate surface area is 107 Å². The number of nitrogens with zero attached hydrogens (tertiary/aromatic N) is 2. The highest BCUT2D eigenvalue weighted by Gasteiger charge is 2.14. The summed E-state index contributed by atoms with van der Waals surface area (Å²) < 4.78 is 1.30. The molecule has 0 spiro atoms. The van der Waals surface area contributed by atoms with Crippen molar-refractivity contribution >= 4 is 17.8 Å². The molecular formula is C12H11N3O4. The van der Waals surface area contributed by atoms with E-state index in [-0.39, 0.29) is 11.1 Å². The number of carboxylic acid groups (broad SMARTS) is 2. The van der Waals surface area contributed by atoms with Crippen LogP contribution in [-0.2, 0) is 0 Å². The summed E-state index contributed by atoms with van der Waals surface area (Å²) in [7, 11) is 0. The minimum atomic E-state index is -1.22. The summed E-state index contributed by atoms with van der Waals surface area (Å²) in [4.78, 5) is 22.0. The van der Waals surface area contributed by atoms with Gasteiger partial charge in [0.1, 0.15) is 5.82 Å². The van der Waals surface area contributed by atoms with Crippen molar-refractivity contribution in [2.45, 2.75) is 6.92 Å². The van der Waals surface area contributed by atoms with E-state index < -0.39 is 11.9 Å². The summed E-state index contributed by atoms with van der Waals surface area (Å²) in [6, 6.07) is 3.72. The van der Waals surface area contributed by atoms with E-state index in [2.05, 4.69) is 5.10 Å². The van der Waals surface area contributed by atoms with Crippen LogP contribution >= 0.6 is 0 Å².